The first kappa shape index (κ1) is 22.7. The van der Waals surface area contributed by atoms with Crippen molar-refractivity contribution in [2.24, 2.45) is 0 Å². The number of aryl methyl sites for hydroxylation is 1. The van der Waals surface area contributed by atoms with E-state index in [0.717, 1.165) is 12.1 Å². The zero-order valence-corrected chi connectivity index (χ0v) is 19.0. The van der Waals surface area contributed by atoms with Crippen molar-refractivity contribution < 1.29 is 9.59 Å². The molecule has 0 spiro atoms. The molecule has 0 radical (unpaired) electrons. The van der Waals surface area contributed by atoms with Gasteiger partial charge in [0.1, 0.15) is 0 Å². The minimum atomic E-state index is -0.493. The van der Waals surface area contributed by atoms with E-state index in [4.69, 9.17) is 0 Å². The first-order valence-electron chi connectivity index (χ1n) is 11.5. The molecule has 1 unspecified atom stereocenters. The van der Waals surface area contributed by atoms with Crippen LogP contribution in [-0.2, 0) is 22.7 Å². The van der Waals surface area contributed by atoms with E-state index in [0.29, 0.717) is 26.2 Å². The molecule has 0 aliphatic carbocycles. The number of amides is 2. The van der Waals surface area contributed by atoms with Crippen LogP contribution in [0.25, 0.3) is 0 Å². The van der Waals surface area contributed by atoms with Crippen LogP contribution in [-0.4, -0.2) is 52.2 Å². The summed E-state index contributed by atoms with van der Waals surface area (Å²) in [5, 5.41) is 10.1. The summed E-state index contributed by atoms with van der Waals surface area (Å²) >= 11 is 0. The molecule has 7 nitrogen and oxygen atoms in total. The molecule has 4 rings (SSSR count). The Balaban J connectivity index is 1.46. The molecular weight excluding hydrogens is 414 g/mol. The van der Waals surface area contributed by atoms with Crippen LogP contribution in [0.15, 0.2) is 73.1 Å². The van der Waals surface area contributed by atoms with E-state index in [1.165, 1.54) is 11.1 Å². The molecule has 2 amide bonds. The number of hydrogen-bond donors (Lipinski definition) is 2. The average Bonchev–Trinajstić information content (AvgIpc) is 3.32. The lowest BCUT2D eigenvalue weighted by atomic mass is 9.90. The van der Waals surface area contributed by atoms with Crippen molar-refractivity contribution in [1.29, 1.82) is 0 Å². The Hall–Kier alpha value is -3.45. The molecule has 1 aliphatic heterocycles. The molecule has 0 saturated carbocycles. The molecule has 3 aromatic rings. The van der Waals surface area contributed by atoms with Crippen LogP contribution in [0.1, 0.15) is 36.0 Å². The monoisotopic (exact) mass is 445 g/mol. The van der Waals surface area contributed by atoms with Crippen molar-refractivity contribution in [1.82, 2.24) is 25.3 Å². The summed E-state index contributed by atoms with van der Waals surface area (Å²) in [7, 11) is 0. The van der Waals surface area contributed by atoms with Gasteiger partial charge < -0.3 is 10.6 Å². The predicted molar refractivity (Wildman–Crippen MR) is 127 cm³/mol. The van der Waals surface area contributed by atoms with Gasteiger partial charge in [0.15, 0.2) is 0 Å². The fourth-order valence-corrected chi connectivity index (χ4v) is 4.33. The van der Waals surface area contributed by atoms with E-state index < -0.39 is 6.04 Å². The van der Waals surface area contributed by atoms with Crippen LogP contribution >= 0.6 is 0 Å². The second kappa shape index (κ2) is 10.9. The van der Waals surface area contributed by atoms with Gasteiger partial charge in [-0.2, -0.15) is 5.10 Å². The number of nitrogens with zero attached hydrogens (tertiary/aromatic N) is 3. The zero-order valence-electron chi connectivity index (χ0n) is 19.0. The van der Waals surface area contributed by atoms with Gasteiger partial charge in [0.2, 0.25) is 11.8 Å². The van der Waals surface area contributed by atoms with Crippen LogP contribution < -0.4 is 10.6 Å². The highest BCUT2D eigenvalue weighted by Crippen LogP contribution is 2.27. The van der Waals surface area contributed by atoms with Gasteiger partial charge in [-0.05, 0) is 18.1 Å². The zero-order chi connectivity index (χ0) is 23.0. The lowest BCUT2D eigenvalue weighted by molar-refractivity contribution is -0.134. The third-order valence-corrected chi connectivity index (χ3v) is 6.14. The van der Waals surface area contributed by atoms with Gasteiger partial charge in [-0.15, -0.1) is 0 Å². The van der Waals surface area contributed by atoms with Gasteiger partial charge in [-0.25, -0.2) is 0 Å². The fraction of sp³-hybridized carbons (Fsp3) is 0.346. The van der Waals surface area contributed by atoms with Gasteiger partial charge in [0, 0.05) is 50.4 Å². The van der Waals surface area contributed by atoms with E-state index in [-0.39, 0.29) is 24.2 Å². The lowest BCUT2D eigenvalue weighted by Crippen LogP contribution is -2.57. The maximum Gasteiger partial charge on any atom is 0.237 e. The van der Waals surface area contributed by atoms with E-state index >= 15 is 0 Å². The quantitative estimate of drug-likeness (QED) is 0.531. The topological polar surface area (TPSA) is 79.3 Å². The van der Waals surface area contributed by atoms with Crippen LogP contribution in [0.4, 0.5) is 0 Å². The Bertz CT molecular complexity index is 1010. The Morgan fingerprint density at radius 2 is 1.79 bits per heavy atom. The third kappa shape index (κ3) is 5.87. The second-order valence-electron chi connectivity index (χ2n) is 8.36. The molecule has 2 N–H and O–H groups in total. The smallest absolute Gasteiger partial charge is 0.237 e. The van der Waals surface area contributed by atoms with Crippen molar-refractivity contribution in [3.8, 4) is 0 Å². The summed E-state index contributed by atoms with van der Waals surface area (Å²) in [5.41, 5.74) is 3.35. The summed E-state index contributed by atoms with van der Waals surface area (Å²) in [4.78, 5) is 27.6. The van der Waals surface area contributed by atoms with Crippen LogP contribution in [0.5, 0.6) is 0 Å². The molecule has 2 heterocycles. The van der Waals surface area contributed by atoms with E-state index in [1.807, 2.05) is 54.2 Å². The largest absolute Gasteiger partial charge is 0.353 e. The van der Waals surface area contributed by atoms with Crippen LogP contribution in [0, 0.1) is 0 Å². The summed E-state index contributed by atoms with van der Waals surface area (Å²) in [6, 6.07) is 20.2. The molecule has 1 aliphatic rings. The Kier molecular flexibility index (Phi) is 7.52. The maximum absolute atomic E-state index is 12.8. The molecule has 1 saturated heterocycles. The molecule has 1 aromatic heterocycles. The van der Waals surface area contributed by atoms with Crippen molar-refractivity contribution in [2.45, 2.75) is 38.4 Å². The number of rotatable bonds is 9. The lowest BCUT2D eigenvalue weighted by Gasteiger charge is -2.37. The van der Waals surface area contributed by atoms with Crippen molar-refractivity contribution in [3.63, 3.8) is 0 Å². The van der Waals surface area contributed by atoms with Gasteiger partial charge >= 0.3 is 0 Å². The summed E-state index contributed by atoms with van der Waals surface area (Å²) in [6.45, 7) is 5.18. The highest BCUT2D eigenvalue weighted by Gasteiger charge is 2.33. The Labute approximate surface area is 194 Å². The summed E-state index contributed by atoms with van der Waals surface area (Å²) in [6.07, 6.45) is 3.81. The summed E-state index contributed by atoms with van der Waals surface area (Å²) in [5.74, 6) is -0.110. The van der Waals surface area contributed by atoms with Crippen molar-refractivity contribution in [2.75, 3.05) is 19.6 Å². The van der Waals surface area contributed by atoms with Gasteiger partial charge in [-0.3, -0.25) is 19.2 Å². The minimum Gasteiger partial charge on any atom is -0.353 e. The number of carbonyl (C=O) groups is 2. The maximum atomic E-state index is 12.8. The minimum absolute atomic E-state index is 0.0879. The first-order valence-corrected chi connectivity index (χ1v) is 11.5. The van der Waals surface area contributed by atoms with Crippen molar-refractivity contribution in [3.05, 3.63) is 89.7 Å². The van der Waals surface area contributed by atoms with Crippen LogP contribution in [0.2, 0.25) is 0 Å². The predicted octanol–water partition coefficient (Wildman–Crippen LogP) is 2.54. The molecular formula is C26H31N5O2. The molecule has 2 aromatic carbocycles. The molecule has 33 heavy (non-hydrogen) atoms. The van der Waals surface area contributed by atoms with E-state index in [1.54, 1.807) is 6.20 Å². The van der Waals surface area contributed by atoms with Crippen molar-refractivity contribution >= 4 is 11.8 Å². The SMILES string of the molecule is CCn1cc(CNC(=O)CC2C(=O)NCCN2CC(c2ccccc2)c2ccccc2)cn1. The number of aromatic nitrogens is 2. The Morgan fingerprint density at radius 3 is 2.39 bits per heavy atom. The second-order valence-corrected chi connectivity index (χ2v) is 8.36. The third-order valence-electron chi connectivity index (χ3n) is 6.14. The normalized spacial score (nSPS) is 16.5. The Morgan fingerprint density at radius 1 is 1.12 bits per heavy atom. The average molecular weight is 446 g/mol. The standard InChI is InChI=1S/C26H31N5O2/c1-2-31-18-20(17-29-31)16-28-25(32)15-24-26(33)27-13-14-30(24)19-23(21-9-5-3-6-10-21)22-11-7-4-8-12-22/h3-12,17-18,23-24H,2,13-16,19H2,1H3,(H,27,33)(H,28,32). The fourth-order valence-electron chi connectivity index (χ4n) is 4.33. The highest BCUT2D eigenvalue weighted by molar-refractivity contribution is 5.88. The molecule has 1 fully saturated rings. The van der Waals surface area contributed by atoms with Gasteiger partial charge in [-0.1, -0.05) is 60.7 Å². The molecule has 0 bridgehead atoms. The number of carbonyl (C=O) groups excluding carboxylic acids is 2. The summed E-state index contributed by atoms with van der Waals surface area (Å²) < 4.78 is 1.82. The number of benzene rings is 2. The molecule has 172 valence electrons. The number of nitrogens with one attached hydrogen (secondary N) is 2. The molecule has 7 heteroatoms. The van der Waals surface area contributed by atoms with Gasteiger partial charge in [0.25, 0.3) is 0 Å². The molecule has 1 atom stereocenters. The first-order chi connectivity index (χ1) is 16.1. The van der Waals surface area contributed by atoms with Crippen LogP contribution in [0.3, 0.4) is 0 Å². The van der Waals surface area contributed by atoms with Gasteiger partial charge in [0.05, 0.1) is 18.7 Å². The highest BCUT2D eigenvalue weighted by atomic mass is 16.2. The van der Waals surface area contributed by atoms with E-state index in [2.05, 4.69) is 44.9 Å². The number of hydrogen-bond acceptors (Lipinski definition) is 4. The van der Waals surface area contributed by atoms with E-state index in [9.17, 15) is 9.59 Å². The number of piperazine rings is 1.